The Morgan fingerprint density at radius 2 is 2.21 bits per heavy atom. The minimum absolute atomic E-state index is 0.0233. The number of nitrogens with zero attached hydrogens (tertiary/aromatic N) is 3. The van der Waals surface area contributed by atoms with Crippen LogP contribution in [-0.2, 0) is 11.3 Å². The van der Waals surface area contributed by atoms with Crippen LogP contribution in [-0.4, -0.2) is 27.6 Å². The van der Waals surface area contributed by atoms with Crippen LogP contribution < -0.4 is 10.1 Å². The van der Waals surface area contributed by atoms with Gasteiger partial charge in [-0.05, 0) is 6.07 Å². The summed E-state index contributed by atoms with van der Waals surface area (Å²) in [5, 5.41) is 7.13. The van der Waals surface area contributed by atoms with Crippen LogP contribution in [0.25, 0.3) is 5.65 Å². The number of fused-ring (bicyclic) bond motifs is 1. The predicted octanol–water partition coefficient (Wildman–Crippen LogP) is 1.40. The van der Waals surface area contributed by atoms with E-state index >= 15 is 0 Å². The fraction of sp³-hybridized carbons (Fsp3) is 0.462. The van der Waals surface area contributed by atoms with Crippen molar-refractivity contribution in [1.82, 2.24) is 19.9 Å². The SMILES string of the molecule is COc1nn2cccnc2c1CNC(=O)C(C)(C)C. The zero-order chi connectivity index (χ0) is 14.0. The highest BCUT2D eigenvalue weighted by molar-refractivity contribution is 5.81. The molecule has 0 spiro atoms. The second-order valence-electron chi connectivity index (χ2n) is 5.31. The molecule has 0 aliphatic carbocycles. The first-order valence-electron chi connectivity index (χ1n) is 6.08. The van der Waals surface area contributed by atoms with Crippen molar-refractivity contribution in [2.24, 2.45) is 5.41 Å². The van der Waals surface area contributed by atoms with Crippen LogP contribution in [0.5, 0.6) is 5.88 Å². The second kappa shape index (κ2) is 4.87. The van der Waals surface area contributed by atoms with Gasteiger partial charge in [-0.2, -0.15) is 0 Å². The highest BCUT2D eigenvalue weighted by atomic mass is 16.5. The number of hydrogen-bond donors (Lipinski definition) is 1. The highest BCUT2D eigenvalue weighted by Gasteiger charge is 2.22. The molecule has 0 unspecified atom stereocenters. The van der Waals surface area contributed by atoms with E-state index in [1.165, 1.54) is 0 Å². The van der Waals surface area contributed by atoms with Crippen molar-refractivity contribution in [3.8, 4) is 5.88 Å². The molecule has 2 aromatic rings. The minimum Gasteiger partial charge on any atom is -0.480 e. The number of amides is 1. The predicted molar refractivity (Wildman–Crippen MR) is 70.8 cm³/mol. The number of carbonyl (C=O) groups excluding carboxylic acids is 1. The number of ether oxygens (including phenoxy) is 1. The van der Waals surface area contributed by atoms with Gasteiger partial charge < -0.3 is 10.1 Å². The third-order valence-electron chi connectivity index (χ3n) is 2.75. The molecule has 2 rings (SSSR count). The summed E-state index contributed by atoms with van der Waals surface area (Å²) in [6.45, 7) is 5.95. The van der Waals surface area contributed by atoms with Crippen LogP contribution in [0.15, 0.2) is 18.5 Å². The Kier molecular flexibility index (Phi) is 3.42. The summed E-state index contributed by atoms with van der Waals surface area (Å²) in [5.74, 6) is 0.456. The molecule has 2 heterocycles. The Hall–Kier alpha value is -2.11. The molecule has 6 nitrogen and oxygen atoms in total. The lowest BCUT2D eigenvalue weighted by molar-refractivity contribution is -0.128. The molecule has 19 heavy (non-hydrogen) atoms. The van der Waals surface area contributed by atoms with E-state index in [-0.39, 0.29) is 5.91 Å². The number of rotatable bonds is 3. The number of aromatic nitrogens is 3. The fourth-order valence-electron chi connectivity index (χ4n) is 1.67. The molecule has 1 N–H and O–H groups in total. The van der Waals surface area contributed by atoms with E-state index in [1.807, 2.05) is 20.8 Å². The van der Waals surface area contributed by atoms with Crippen LogP contribution in [0.4, 0.5) is 0 Å². The van der Waals surface area contributed by atoms with E-state index in [4.69, 9.17) is 4.74 Å². The van der Waals surface area contributed by atoms with Crippen LogP contribution in [0, 0.1) is 5.41 Å². The Morgan fingerprint density at radius 1 is 1.47 bits per heavy atom. The van der Waals surface area contributed by atoms with Gasteiger partial charge in [-0.3, -0.25) is 4.79 Å². The molecule has 0 radical (unpaired) electrons. The molecule has 1 amide bonds. The van der Waals surface area contributed by atoms with E-state index in [0.29, 0.717) is 18.1 Å². The van der Waals surface area contributed by atoms with Crippen molar-refractivity contribution in [2.75, 3.05) is 7.11 Å². The lowest BCUT2D eigenvalue weighted by atomic mass is 9.96. The van der Waals surface area contributed by atoms with Gasteiger partial charge in [0.15, 0.2) is 5.65 Å². The standard InChI is InChI=1S/C13H18N4O2/c1-13(2,3)12(18)15-8-9-10-14-6-5-7-17(10)16-11(9)19-4/h5-7H,8H2,1-4H3,(H,15,18). The fourth-order valence-corrected chi connectivity index (χ4v) is 1.67. The maximum absolute atomic E-state index is 11.9. The molecule has 0 atom stereocenters. The van der Waals surface area contributed by atoms with Gasteiger partial charge in [0, 0.05) is 17.8 Å². The highest BCUT2D eigenvalue weighted by Crippen LogP contribution is 2.21. The number of carbonyl (C=O) groups is 1. The Labute approximate surface area is 111 Å². The molecule has 0 fully saturated rings. The maximum Gasteiger partial charge on any atom is 0.240 e. The zero-order valence-electron chi connectivity index (χ0n) is 11.6. The topological polar surface area (TPSA) is 68.5 Å². The molecular formula is C13H18N4O2. The van der Waals surface area contributed by atoms with E-state index in [9.17, 15) is 4.79 Å². The van der Waals surface area contributed by atoms with Crippen LogP contribution in [0.3, 0.4) is 0 Å². The lowest BCUT2D eigenvalue weighted by Crippen LogP contribution is -2.34. The van der Waals surface area contributed by atoms with E-state index in [1.54, 1.807) is 30.1 Å². The molecule has 2 aromatic heterocycles. The van der Waals surface area contributed by atoms with Crippen molar-refractivity contribution >= 4 is 11.6 Å². The third kappa shape index (κ3) is 2.67. The summed E-state index contributed by atoms with van der Waals surface area (Å²) < 4.78 is 6.86. The van der Waals surface area contributed by atoms with Gasteiger partial charge in [0.25, 0.3) is 0 Å². The molecule has 0 aliphatic rings. The first-order valence-corrected chi connectivity index (χ1v) is 6.08. The van der Waals surface area contributed by atoms with Crippen molar-refractivity contribution in [2.45, 2.75) is 27.3 Å². The van der Waals surface area contributed by atoms with Gasteiger partial charge in [-0.1, -0.05) is 20.8 Å². The van der Waals surface area contributed by atoms with Gasteiger partial charge in [-0.15, -0.1) is 5.10 Å². The quantitative estimate of drug-likeness (QED) is 0.907. The Morgan fingerprint density at radius 3 is 2.84 bits per heavy atom. The number of methoxy groups -OCH3 is 1. The normalized spacial score (nSPS) is 11.6. The lowest BCUT2D eigenvalue weighted by Gasteiger charge is -2.17. The van der Waals surface area contributed by atoms with Gasteiger partial charge in [0.05, 0.1) is 19.2 Å². The summed E-state index contributed by atoms with van der Waals surface area (Å²) in [6, 6.07) is 1.79. The third-order valence-corrected chi connectivity index (χ3v) is 2.75. The summed E-state index contributed by atoms with van der Waals surface area (Å²) in [4.78, 5) is 16.2. The summed E-state index contributed by atoms with van der Waals surface area (Å²) in [5.41, 5.74) is 1.04. The van der Waals surface area contributed by atoms with Gasteiger partial charge in [0.2, 0.25) is 11.8 Å². The van der Waals surface area contributed by atoms with Crippen LogP contribution >= 0.6 is 0 Å². The first kappa shape index (κ1) is 13.3. The van der Waals surface area contributed by atoms with Crippen molar-refractivity contribution in [3.05, 3.63) is 24.0 Å². The van der Waals surface area contributed by atoms with Crippen LogP contribution in [0.2, 0.25) is 0 Å². The molecule has 102 valence electrons. The molecule has 0 saturated carbocycles. The van der Waals surface area contributed by atoms with E-state index in [2.05, 4.69) is 15.4 Å². The Bertz CT molecular complexity index is 598. The summed E-state index contributed by atoms with van der Waals surface area (Å²) >= 11 is 0. The van der Waals surface area contributed by atoms with Crippen molar-refractivity contribution in [1.29, 1.82) is 0 Å². The molecule has 0 aliphatic heterocycles. The molecule has 0 bridgehead atoms. The molecular weight excluding hydrogens is 244 g/mol. The largest absolute Gasteiger partial charge is 0.480 e. The van der Waals surface area contributed by atoms with Gasteiger partial charge >= 0.3 is 0 Å². The van der Waals surface area contributed by atoms with Crippen molar-refractivity contribution in [3.63, 3.8) is 0 Å². The first-order chi connectivity index (χ1) is 8.93. The number of nitrogens with one attached hydrogen (secondary N) is 1. The average Bonchev–Trinajstić information content (AvgIpc) is 2.72. The molecule has 6 heteroatoms. The summed E-state index contributed by atoms with van der Waals surface area (Å²) in [7, 11) is 1.55. The smallest absolute Gasteiger partial charge is 0.240 e. The maximum atomic E-state index is 11.9. The van der Waals surface area contributed by atoms with Crippen molar-refractivity contribution < 1.29 is 9.53 Å². The van der Waals surface area contributed by atoms with Crippen LogP contribution in [0.1, 0.15) is 26.3 Å². The second-order valence-corrected chi connectivity index (χ2v) is 5.31. The van der Waals surface area contributed by atoms with E-state index < -0.39 is 5.41 Å². The minimum atomic E-state index is -0.427. The Balaban J connectivity index is 2.27. The van der Waals surface area contributed by atoms with Gasteiger partial charge in [0.1, 0.15) is 0 Å². The van der Waals surface area contributed by atoms with Gasteiger partial charge in [-0.25, -0.2) is 9.50 Å². The summed E-state index contributed by atoms with van der Waals surface area (Å²) in [6.07, 6.45) is 3.48. The van der Waals surface area contributed by atoms with E-state index in [0.717, 1.165) is 5.56 Å². The molecule has 0 aromatic carbocycles. The molecule has 0 saturated heterocycles. The number of hydrogen-bond acceptors (Lipinski definition) is 4. The monoisotopic (exact) mass is 262 g/mol. The average molecular weight is 262 g/mol. The zero-order valence-corrected chi connectivity index (χ0v) is 11.6.